The highest BCUT2D eigenvalue weighted by molar-refractivity contribution is 6.03. The van der Waals surface area contributed by atoms with E-state index in [1.807, 2.05) is 18.2 Å². The molecule has 1 aliphatic carbocycles. The maximum atomic E-state index is 12.8. The minimum atomic E-state index is -4.42. The first kappa shape index (κ1) is 16.4. The summed E-state index contributed by atoms with van der Waals surface area (Å²) in [7, 11) is 0. The second-order valence-electron chi connectivity index (χ2n) is 6.13. The largest absolute Gasteiger partial charge is 0.416 e. The Hall–Kier alpha value is -2.43. The highest BCUT2D eigenvalue weighted by atomic mass is 19.4. The number of Topliss-reactive ketones (excluding diaryl/α,β-unsaturated/α-hetero) is 2. The predicted molar refractivity (Wildman–Crippen MR) is 82.5 cm³/mol. The molecule has 0 unspecified atom stereocenters. The molecule has 2 aromatic carbocycles. The molecule has 0 N–H and O–H groups in total. The molecule has 0 saturated heterocycles. The Balaban J connectivity index is 2.12. The standard InChI is InChI=1S/C19H15F3O2/c20-19(21,22)15-8-6-14(7-9-15)18(13-4-2-1-3-5-13)11-16(23)10-17(24)12-18/h1-9H,10-12H2. The van der Waals surface area contributed by atoms with Gasteiger partial charge in [0.2, 0.25) is 0 Å². The van der Waals surface area contributed by atoms with Gasteiger partial charge in [-0.25, -0.2) is 0 Å². The summed E-state index contributed by atoms with van der Waals surface area (Å²) in [6, 6.07) is 13.8. The van der Waals surface area contributed by atoms with Gasteiger partial charge in [0, 0.05) is 18.3 Å². The molecule has 0 radical (unpaired) electrons. The van der Waals surface area contributed by atoms with Crippen LogP contribution in [-0.4, -0.2) is 11.6 Å². The van der Waals surface area contributed by atoms with E-state index in [4.69, 9.17) is 0 Å². The zero-order valence-electron chi connectivity index (χ0n) is 12.8. The summed E-state index contributed by atoms with van der Waals surface area (Å²) in [6.07, 6.45) is -4.28. The Morgan fingerprint density at radius 1 is 0.750 bits per heavy atom. The van der Waals surface area contributed by atoms with Crippen molar-refractivity contribution in [3.05, 3.63) is 71.3 Å². The van der Waals surface area contributed by atoms with Gasteiger partial charge in [0.25, 0.3) is 0 Å². The minimum absolute atomic E-state index is 0.102. The number of benzene rings is 2. The van der Waals surface area contributed by atoms with Crippen molar-refractivity contribution >= 4 is 11.6 Å². The second kappa shape index (κ2) is 5.89. The summed E-state index contributed by atoms with van der Waals surface area (Å²) in [6.45, 7) is 0. The molecule has 1 aliphatic rings. The van der Waals surface area contributed by atoms with Crippen molar-refractivity contribution in [1.29, 1.82) is 0 Å². The molecule has 124 valence electrons. The van der Waals surface area contributed by atoms with Crippen molar-refractivity contribution < 1.29 is 22.8 Å². The van der Waals surface area contributed by atoms with E-state index in [0.29, 0.717) is 5.56 Å². The van der Waals surface area contributed by atoms with E-state index in [9.17, 15) is 22.8 Å². The molecule has 24 heavy (non-hydrogen) atoms. The van der Waals surface area contributed by atoms with Gasteiger partial charge in [-0.05, 0) is 23.3 Å². The van der Waals surface area contributed by atoms with E-state index < -0.39 is 17.2 Å². The van der Waals surface area contributed by atoms with Crippen molar-refractivity contribution in [2.24, 2.45) is 0 Å². The number of ketones is 2. The van der Waals surface area contributed by atoms with Crippen LogP contribution in [0.25, 0.3) is 0 Å². The minimum Gasteiger partial charge on any atom is -0.299 e. The van der Waals surface area contributed by atoms with Crippen LogP contribution in [0.5, 0.6) is 0 Å². The van der Waals surface area contributed by atoms with Crippen molar-refractivity contribution in [1.82, 2.24) is 0 Å². The molecule has 2 aromatic rings. The molecule has 0 aliphatic heterocycles. The number of hydrogen-bond acceptors (Lipinski definition) is 2. The van der Waals surface area contributed by atoms with Gasteiger partial charge >= 0.3 is 6.18 Å². The van der Waals surface area contributed by atoms with Gasteiger partial charge in [-0.15, -0.1) is 0 Å². The SMILES string of the molecule is O=C1CC(=O)CC(c2ccccc2)(c2ccc(C(F)(F)F)cc2)C1. The molecule has 2 nitrogen and oxygen atoms in total. The van der Waals surface area contributed by atoms with Crippen LogP contribution in [0.4, 0.5) is 13.2 Å². The van der Waals surface area contributed by atoms with Gasteiger partial charge in [0.15, 0.2) is 0 Å². The number of hydrogen-bond donors (Lipinski definition) is 0. The number of carbonyl (C=O) groups excluding carboxylic acids is 2. The second-order valence-corrected chi connectivity index (χ2v) is 6.13. The molecular weight excluding hydrogens is 317 g/mol. The Morgan fingerprint density at radius 3 is 1.75 bits per heavy atom. The molecule has 1 fully saturated rings. The summed E-state index contributed by atoms with van der Waals surface area (Å²) in [5, 5.41) is 0. The summed E-state index contributed by atoms with van der Waals surface area (Å²) in [5.41, 5.74) is -0.310. The fraction of sp³-hybridized carbons (Fsp3) is 0.263. The average Bonchev–Trinajstić information content (AvgIpc) is 2.54. The van der Waals surface area contributed by atoms with Gasteiger partial charge in [-0.1, -0.05) is 42.5 Å². The fourth-order valence-corrected chi connectivity index (χ4v) is 3.39. The average molecular weight is 332 g/mol. The van der Waals surface area contributed by atoms with Crippen LogP contribution < -0.4 is 0 Å². The maximum Gasteiger partial charge on any atom is 0.416 e. The molecule has 0 heterocycles. The fourth-order valence-electron chi connectivity index (χ4n) is 3.39. The summed E-state index contributed by atoms with van der Waals surface area (Å²) in [5.74, 6) is -0.370. The summed E-state index contributed by atoms with van der Waals surface area (Å²) in [4.78, 5) is 24.1. The molecule has 0 atom stereocenters. The van der Waals surface area contributed by atoms with Gasteiger partial charge in [-0.3, -0.25) is 9.59 Å². The van der Waals surface area contributed by atoms with E-state index in [1.54, 1.807) is 12.1 Å². The maximum absolute atomic E-state index is 12.8. The van der Waals surface area contributed by atoms with Crippen molar-refractivity contribution in [3.63, 3.8) is 0 Å². The van der Waals surface area contributed by atoms with Crippen molar-refractivity contribution in [3.8, 4) is 0 Å². The molecule has 3 rings (SSSR count). The Bertz CT molecular complexity index is 745. The highest BCUT2D eigenvalue weighted by Crippen LogP contribution is 2.43. The highest BCUT2D eigenvalue weighted by Gasteiger charge is 2.42. The van der Waals surface area contributed by atoms with E-state index >= 15 is 0 Å². The zero-order chi connectivity index (χ0) is 17.4. The van der Waals surface area contributed by atoms with Crippen LogP contribution in [0.2, 0.25) is 0 Å². The molecule has 5 heteroatoms. The van der Waals surface area contributed by atoms with Gasteiger partial charge in [0.05, 0.1) is 12.0 Å². The monoisotopic (exact) mass is 332 g/mol. The van der Waals surface area contributed by atoms with Crippen LogP contribution in [0, 0.1) is 0 Å². The first-order valence-electron chi connectivity index (χ1n) is 7.58. The lowest BCUT2D eigenvalue weighted by molar-refractivity contribution is -0.138. The molecule has 0 aromatic heterocycles. The normalized spacial score (nSPS) is 17.8. The first-order chi connectivity index (χ1) is 11.3. The van der Waals surface area contributed by atoms with Gasteiger partial charge in [-0.2, -0.15) is 13.2 Å². The van der Waals surface area contributed by atoms with Gasteiger partial charge in [0.1, 0.15) is 11.6 Å². The lowest BCUT2D eigenvalue weighted by atomic mass is 9.64. The van der Waals surface area contributed by atoms with Gasteiger partial charge < -0.3 is 0 Å². The topological polar surface area (TPSA) is 34.1 Å². The molecule has 0 spiro atoms. The lowest BCUT2D eigenvalue weighted by Crippen LogP contribution is -2.38. The third-order valence-corrected chi connectivity index (χ3v) is 4.48. The quantitative estimate of drug-likeness (QED) is 0.768. The van der Waals surface area contributed by atoms with E-state index in [1.165, 1.54) is 12.1 Å². The zero-order valence-corrected chi connectivity index (χ0v) is 12.8. The van der Waals surface area contributed by atoms with E-state index in [-0.39, 0.29) is 30.8 Å². The van der Waals surface area contributed by atoms with Crippen LogP contribution in [-0.2, 0) is 21.2 Å². The number of carbonyl (C=O) groups is 2. The smallest absolute Gasteiger partial charge is 0.299 e. The molecular formula is C19H15F3O2. The van der Waals surface area contributed by atoms with Crippen LogP contribution in [0.15, 0.2) is 54.6 Å². The molecule has 1 saturated carbocycles. The Morgan fingerprint density at radius 2 is 1.25 bits per heavy atom. The molecule has 0 bridgehead atoms. The third-order valence-electron chi connectivity index (χ3n) is 4.48. The van der Waals surface area contributed by atoms with Crippen LogP contribution in [0.1, 0.15) is 36.0 Å². The third kappa shape index (κ3) is 2.98. The van der Waals surface area contributed by atoms with E-state index in [2.05, 4.69) is 0 Å². The summed E-state index contributed by atoms with van der Waals surface area (Å²) >= 11 is 0. The van der Waals surface area contributed by atoms with Crippen molar-refractivity contribution in [2.75, 3.05) is 0 Å². The number of halogens is 3. The Kier molecular flexibility index (Phi) is 4.03. The number of rotatable bonds is 2. The Labute approximate surface area is 137 Å². The lowest BCUT2D eigenvalue weighted by Gasteiger charge is -2.37. The molecule has 0 amide bonds. The first-order valence-corrected chi connectivity index (χ1v) is 7.58. The van der Waals surface area contributed by atoms with Crippen molar-refractivity contribution in [2.45, 2.75) is 30.9 Å². The van der Waals surface area contributed by atoms with Crippen LogP contribution >= 0.6 is 0 Å². The predicted octanol–water partition coefficient (Wildman–Crippen LogP) is 4.31. The van der Waals surface area contributed by atoms with E-state index in [0.717, 1.165) is 17.7 Å². The van der Waals surface area contributed by atoms with Crippen LogP contribution in [0.3, 0.4) is 0 Å². The number of alkyl halides is 3. The summed E-state index contributed by atoms with van der Waals surface area (Å²) < 4.78 is 38.4.